The normalized spacial score (nSPS) is 16.0. The van der Waals surface area contributed by atoms with E-state index in [0.29, 0.717) is 13.0 Å². The molecule has 1 saturated heterocycles. The molecule has 1 unspecified atom stereocenters. The van der Waals surface area contributed by atoms with Gasteiger partial charge in [0.25, 0.3) is 0 Å². The van der Waals surface area contributed by atoms with Crippen molar-refractivity contribution in [3.8, 4) is 0 Å². The van der Waals surface area contributed by atoms with Crippen LogP contribution in [0.2, 0.25) is 0 Å². The summed E-state index contributed by atoms with van der Waals surface area (Å²) < 4.78 is 4.91. The number of esters is 1. The van der Waals surface area contributed by atoms with Gasteiger partial charge in [0.1, 0.15) is 6.04 Å². The van der Waals surface area contributed by atoms with Gasteiger partial charge in [-0.1, -0.05) is 91.0 Å². The monoisotopic (exact) mass is 428 g/mol. The maximum atomic E-state index is 13.3. The first-order valence-electron chi connectivity index (χ1n) is 11.0. The van der Waals surface area contributed by atoms with Crippen molar-refractivity contribution in [3.63, 3.8) is 0 Å². The van der Waals surface area contributed by atoms with E-state index in [-0.39, 0.29) is 18.4 Å². The van der Waals surface area contributed by atoms with Gasteiger partial charge in [-0.25, -0.2) is 4.79 Å². The SMILES string of the molecule is COC(=O)C1CCCN1C(=O)CNC(c1ccccc1)(c1ccccc1)c1ccccc1. The summed E-state index contributed by atoms with van der Waals surface area (Å²) in [5.74, 6) is -0.457. The minimum absolute atomic E-state index is 0.0895. The molecule has 1 aliphatic rings. The molecular weight excluding hydrogens is 400 g/mol. The number of hydrogen-bond acceptors (Lipinski definition) is 4. The topological polar surface area (TPSA) is 58.6 Å². The molecule has 0 radical (unpaired) electrons. The lowest BCUT2D eigenvalue weighted by Crippen LogP contribution is -2.51. The molecule has 32 heavy (non-hydrogen) atoms. The molecule has 1 heterocycles. The number of ether oxygens (including phenoxy) is 1. The van der Waals surface area contributed by atoms with E-state index in [2.05, 4.69) is 41.7 Å². The third-order valence-electron chi connectivity index (χ3n) is 6.17. The Labute approximate surface area is 189 Å². The van der Waals surface area contributed by atoms with Crippen LogP contribution in [0.3, 0.4) is 0 Å². The van der Waals surface area contributed by atoms with E-state index in [9.17, 15) is 9.59 Å². The van der Waals surface area contributed by atoms with Crippen molar-refractivity contribution in [2.45, 2.75) is 24.4 Å². The van der Waals surface area contributed by atoms with Gasteiger partial charge in [-0.2, -0.15) is 0 Å². The van der Waals surface area contributed by atoms with Crippen LogP contribution >= 0.6 is 0 Å². The van der Waals surface area contributed by atoms with Crippen molar-refractivity contribution in [1.29, 1.82) is 0 Å². The maximum Gasteiger partial charge on any atom is 0.328 e. The third-order valence-corrected chi connectivity index (χ3v) is 6.17. The molecule has 0 saturated carbocycles. The van der Waals surface area contributed by atoms with Crippen LogP contribution in [0.5, 0.6) is 0 Å². The predicted molar refractivity (Wildman–Crippen MR) is 124 cm³/mol. The lowest BCUT2D eigenvalue weighted by Gasteiger charge is -2.37. The highest BCUT2D eigenvalue weighted by atomic mass is 16.5. The summed E-state index contributed by atoms with van der Waals surface area (Å²) in [5, 5.41) is 3.59. The Bertz CT molecular complexity index is 942. The number of nitrogens with zero attached hydrogens (tertiary/aromatic N) is 1. The van der Waals surface area contributed by atoms with E-state index in [1.165, 1.54) is 7.11 Å². The van der Waals surface area contributed by atoms with Crippen LogP contribution in [-0.4, -0.2) is 43.0 Å². The second-order valence-electron chi connectivity index (χ2n) is 7.97. The zero-order chi connectivity index (χ0) is 22.4. The fourth-order valence-corrected chi connectivity index (χ4v) is 4.63. The average molecular weight is 429 g/mol. The summed E-state index contributed by atoms with van der Waals surface area (Å²) >= 11 is 0. The van der Waals surface area contributed by atoms with Crippen molar-refractivity contribution in [1.82, 2.24) is 10.2 Å². The first-order valence-corrected chi connectivity index (χ1v) is 11.0. The number of nitrogens with one attached hydrogen (secondary N) is 1. The molecule has 1 aliphatic heterocycles. The van der Waals surface area contributed by atoms with Crippen LogP contribution < -0.4 is 5.32 Å². The van der Waals surface area contributed by atoms with E-state index in [0.717, 1.165) is 23.1 Å². The molecule has 4 rings (SSSR count). The number of amides is 1. The van der Waals surface area contributed by atoms with Crippen molar-refractivity contribution in [3.05, 3.63) is 108 Å². The predicted octanol–water partition coefficient (Wildman–Crippen LogP) is 3.73. The molecule has 164 valence electrons. The number of methoxy groups -OCH3 is 1. The van der Waals surface area contributed by atoms with Crippen molar-refractivity contribution in [2.75, 3.05) is 20.2 Å². The Balaban J connectivity index is 1.73. The molecule has 0 bridgehead atoms. The summed E-state index contributed by atoms with van der Waals surface area (Å²) in [7, 11) is 1.37. The molecule has 0 aromatic heterocycles. The van der Waals surface area contributed by atoms with Gasteiger partial charge in [0, 0.05) is 6.54 Å². The highest BCUT2D eigenvalue weighted by Crippen LogP contribution is 2.36. The Morgan fingerprint density at radius 1 is 0.875 bits per heavy atom. The van der Waals surface area contributed by atoms with Crippen molar-refractivity contribution in [2.24, 2.45) is 0 Å². The molecule has 3 aromatic rings. The summed E-state index contributed by atoms with van der Waals surface area (Å²) in [6.45, 7) is 0.654. The summed E-state index contributed by atoms with van der Waals surface area (Å²) in [5.41, 5.74) is 2.39. The second kappa shape index (κ2) is 9.79. The third kappa shape index (κ3) is 4.16. The highest BCUT2D eigenvalue weighted by molar-refractivity contribution is 5.86. The Kier molecular flexibility index (Phi) is 6.66. The van der Waals surface area contributed by atoms with Crippen LogP contribution in [-0.2, 0) is 19.9 Å². The first kappa shape index (κ1) is 21.8. The van der Waals surface area contributed by atoms with Crippen LogP contribution in [0.15, 0.2) is 91.0 Å². The standard InChI is InChI=1S/C27H28N2O3/c1-32-26(31)24-18-11-19-29(24)25(30)20-28-27(21-12-5-2-6-13-21,22-14-7-3-8-15-22)23-16-9-4-10-17-23/h2-10,12-17,24,28H,11,18-20H2,1H3. The summed E-state index contributed by atoms with van der Waals surface area (Å²) in [6, 6.07) is 29.9. The summed E-state index contributed by atoms with van der Waals surface area (Å²) in [6.07, 6.45) is 1.44. The molecule has 1 fully saturated rings. The summed E-state index contributed by atoms with van der Waals surface area (Å²) in [4.78, 5) is 27.1. The lowest BCUT2D eigenvalue weighted by molar-refractivity contribution is -0.150. The zero-order valence-corrected chi connectivity index (χ0v) is 18.2. The van der Waals surface area contributed by atoms with E-state index in [1.54, 1.807) is 4.90 Å². The largest absolute Gasteiger partial charge is 0.467 e. The van der Waals surface area contributed by atoms with Crippen LogP contribution in [0, 0.1) is 0 Å². The Morgan fingerprint density at radius 2 is 1.34 bits per heavy atom. The van der Waals surface area contributed by atoms with Gasteiger partial charge in [0.05, 0.1) is 19.2 Å². The van der Waals surface area contributed by atoms with Crippen LogP contribution in [0.4, 0.5) is 0 Å². The van der Waals surface area contributed by atoms with Gasteiger partial charge >= 0.3 is 5.97 Å². The molecule has 1 amide bonds. The number of likely N-dealkylation sites (tertiary alicyclic amines) is 1. The average Bonchev–Trinajstić information content (AvgIpc) is 3.36. The van der Waals surface area contributed by atoms with Gasteiger partial charge in [0.15, 0.2) is 0 Å². The quantitative estimate of drug-likeness (QED) is 0.460. The molecule has 5 nitrogen and oxygen atoms in total. The molecular formula is C27H28N2O3. The lowest BCUT2D eigenvalue weighted by atomic mass is 9.77. The number of carbonyl (C=O) groups excluding carboxylic acids is 2. The van der Waals surface area contributed by atoms with Gasteiger partial charge < -0.3 is 9.64 Å². The molecule has 0 spiro atoms. The maximum absolute atomic E-state index is 13.3. The first-order chi connectivity index (χ1) is 15.7. The fraction of sp³-hybridized carbons (Fsp3) is 0.259. The van der Waals surface area contributed by atoms with Gasteiger partial charge in [-0.05, 0) is 29.5 Å². The molecule has 3 aromatic carbocycles. The van der Waals surface area contributed by atoms with Gasteiger partial charge in [-0.3, -0.25) is 10.1 Å². The highest BCUT2D eigenvalue weighted by Gasteiger charge is 2.39. The van der Waals surface area contributed by atoms with E-state index in [4.69, 9.17) is 4.74 Å². The van der Waals surface area contributed by atoms with Crippen LogP contribution in [0.25, 0.3) is 0 Å². The molecule has 5 heteroatoms. The van der Waals surface area contributed by atoms with E-state index < -0.39 is 11.6 Å². The van der Waals surface area contributed by atoms with Gasteiger partial charge in [-0.15, -0.1) is 0 Å². The van der Waals surface area contributed by atoms with Gasteiger partial charge in [0.2, 0.25) is 5.91 Å². The second-order valence-corrected chi connectivity index (χ2v) is 7.97. The van der Waals surface area contributed by atoms with E-state index in [1.807, 2.05) is 54.6 Å². The number of hydrogen-bond donors (Lipinski definition) is 1. The Morgan fingerprint density at radius 3 is 1.78 bits per heavy atom. The van der Waals surface area contributed by atoms with Crippen LogP contribution in [0.1, 0.15) is 29.5 Å². The van der Waals surface area contributed by atoms with Crippen molar-refractivity contribution < 1.29 is 14.3 Å². The number of rotatable bonds is 7. The Hall–Kier alpha value is -3.44. The number of benzene rings is 3. The minimum Gasteiger partial charge on any atom is -0.467 e. The fourth-order valence-electron chi connectivity index (χ4n) is 4.63. The smallest absolute Gasteiger partial charge is 0.328 e. The zero-order valence-electron chi connectivity index (χ0n) is 18.2. The minimum atomic E-state index is -0.722. The van der Waals surface area contributed by atoms with E-state index >= 15 is 0 Å². The molecule has 0 aliphatic carbocycles. The van der Waals surface area contributed by atoms with Crippen molar-refractivity contribution >= 4 is 11.9 Å². The molecule has 1 N–H and O–H groups in total. The molecule has 1 atom stereocenters. The number of carbonyl (C=O) groups is 2.